The smallest absolute Gasteiger partial charge is 0.266 e. The van der Waals surface area contributed by atoms with Crippen LogP contribution >= 0.6 is 11.6 Å². The van der Waals surface area contributed by atoms with Crippen molar-refractivity contribution in [2.75, 3.05) is 17.5 Å². The number of rotatable bonds is 10. The fourth-order valence-corrected chi connectivity index (χ4v) is 5.64. The van der Waals surface area contributed by atoms with Gasteiger partial charge in [-0.15, -0.1) is 6.58 Å². The Morgan fingerprint density at radius 3 is 2.72 bits per heavy atom. The molecule has 1 N–H and O–H groups in total. The Kier molecular flexibility index (Phi) is 8.34. The first-order valence-corrected chi connectivity index (χ1v) is 12.6. The van der Waals surface area contributed by atoms with Gasteiger partial charge in [0.25, 0.3) is 15.9 Å². The molecule has 8 heteroatoms. The molecule has 0 saturated carbocycles. The van der Waals surface area contributed by atoms with Gasteiger partial charge in [-0.05, 0) is 62.9 Å². The van der Waals surface area contributed by atoms with Crippen molar-refractivity contribution in [2.24, 2.45) is 0 Å². The fraction of sp³-hybridized carbons (Fsp3) is 0.375. The van der Waals surface area contributed by atoms with Crippen molar-refractivity contribution in [2.45, 2.75) is 49.6 Å². The van der Waals surface area contributed by atoms with Gasteiger partial charge in [-0.3, -0.25) is 9.10 Å². The molecule has 3 rings (SSSR count). The number of benzene rings is 2. The highest BCUT2D eigenvalue weighted by molar-refractivity contribution is 7.93. The van der Waals surface area contributed by atoms with Gasteiger partial charge in [0, 0.05) is 18.2 Å². The minimum absolute atomic E-state index is 0.0537. The van der Waals surface area contributed by atoms with Gasteiger partial charge in [0.05, 0.1) is 23.4 Å². The first-order valence-electron chi connectivity index (χ1n) is 10.7. The number of carbonyl (C=O) groups is 1. The summed E-state index contributed by atoms with van der Waals surface area (Å²) in [5.41, 5.74) is 0.727. The fourth-order valence-electron chi connectivity index (χ4n) is 3.70. The van der Waals surface area contributed by atoms with E-state index in [4.69, 9.17) is 16.3 Å². The molecule has 1 saturated heterocycles. The van der Waals surface area contributed by atoms with Crippen LogP contribution in [0.2, 0.25) is 5.02 Å². The van der Waals surface area contributed by atoms with E-state index in [1.165, 1.54) is 28.6 Å². The molecule has 1 aliphatic rings. The number of hydrogen-bond acceptors (Lipinski definition) is 4. The molecule has 2 unspecified atom stereocenters. The van der Waals surface area contributed by atoms with Crippen molar-refractivity contribution in [1.29, 1.82) is 0 Å². The SMILES string of the molecule is C=CCN(c1ccccc1)S(=O)(=O)c1cc(C(=O)NC(C)CCC2CCCO2)ccc1Cl. The second-order valence-electron chi connectivity index (χ2n) is 7.89. The molecule has 1 fully saturated rings. The Hall–Kier alpha value is -2.35. The first-order chi connectivity index (χ1) is 15.3. The van der Waals surface area contributed by atoms with Gasteiger partial charge in [-0.2, -0.15) is 0 Å². The van der Waals surface area contributed by atoms with Crippen molar-refractivity contribution in [1.82, 2.24) is 5.32 Å². The number of sulfonamides is 1. The van der Waals surface area contributed by atoms with E-state index in [0.29, 0.717) is 5.69 Å². The van der Waals surface area contributed by atoms with Crippen molar-refractivity contribution < 1.29 is 17.9 Å². The minimum atomic E-state index is -4.02. The molecule has 172 valence electrons. The predicted octanol–water partition coefficient (Wildman–Crippen LogP) is 4.80. The number of hydrogen-bond donors (Lipinski definition) is 1. The quantitative estimate of drug-likeness (QED) is 0.500. The Morgan fingerprint density at radius 1 is 1.31 bits per heavy atom. The van der Waals surface area contributed by atoms with Gasteiger partial charge in [0.1, 0.15) is 4.90 Å². The van der Waals surface area contributed by atoms with Crippen LogP contribution < -0.4 is 9.62 Å². The lowest BCUT2D eigenvalue weighted by molar-refractivity contribution is 0.0899. The van der Waals surface area contributed by atoms with Crippen molar-refractivity contribution in [3.63, 3.8) is 0 Å². The van der Waals surface area contributed by atoms with Gasteiger partial charge < -0.3 is 10.1 Å². The normalized spacial score (nSPS) is 17.0. The first kappa shape index (κ1) is 24.3. The molecule has 1 heterocycles. The Bertz CT molecular complexity index is 1040. The highest BCUT2D eigenvalue weighted by Gasteiger charge is 2.28. The molecule has 2 aromatic carbocycles. The van der Waals surface area contributed by atoms with Crippen LogP contribution in [0, 0.1) is 0 Å². The minimum Gasteiger partial charge on any atom is -0.378 e. The van der Waals surface area contributed by atoms with Crippen molar-refractivity contribution in [3.05, 3.63) is 71.8 Å². The van der Waals surface area contributed by atoms with E-state index >= 15 is 0 Å². The van der Waals surface area contributed by atoms with E-state index in [0.717, 1.165) is 32.3 Å². The lowest BCUT2D eigenvalue weighted by Gasteiger charge is -2.24. The summed E-state index contributed by atoms with van der Waals surface area (Å²) in [6.07, 6.45) is 5.58. The second kappa shape index (κ2) is 11.0. The number of halogens is 1. The summed E-state index contributed by atoms with van der Waals surface area (Å²) in [4.78, 5) is 12.7. The molecule has 1 amide bonds. The number of nitrogens with zero attached hydrogens (tertiary/aromatic N) is 1. The van der Waals surface area contributed by atoms with E-state index in [1.807, 2.05) is 6.92 Å². The third-order valence-corrected chi connectivity index (χ3v) is 7.70. The number of amides is 1. The van der Waals surface area contributed by atoms with Gasteiger partial charge in [0.15, 0.2) is 0 Å². The molecule has 2 aromatic rings. The largest absolute Gasteiger partial charge is 0.378 e. The number of carbonyl (C=O) groups excluding carboxylic acids is 1. The van der Waals surface area contributed by atoms with Crippen LogP contribution in [-0.4, -0.2) is 39.6 Å². The molecule has 0 aliphatic carbocycles. The molecule has 0 radical (unpaired) electrons. The highest BCUT2D eigenvalue weighted by Crippen LogP contribution is 2.29. The summed E-state index contributed by atoms with van der Waals surface area (Å²) in [6, 6.07) is 12.9. The monoisotopic (exact) mass is 476 g/mol. The zero-order chi connectivity index (χ0) is 23.1. The molecular weight excluding hydrogens is 448 g/mol. The molecule has 0 spiro atoms. The number of para-hydroxylation sites is 1. The Labute approximate surface area is 195 Å². The average molecular weight is 477 g/mol. The van der Waals surface area contributed by atoms with E-state index in [1.54, 1.807) is 30.3 Å². The molecular formula is C24H29ClN2O4S. The zero-order valence-electron chi connectivity index (χ0n) is 18.2. The molecule has 32 heavy (non-hydrogen) atoms. The highest BCUT2D eigenvalue weighted by atomic mass is 35.5. The molecule has 1 aliphatic heterocycles. The summed E-state index contributed by atoms with van der Waals surface area (Å²) in [5, 5.41) is 3.00. The average Bonchev–Trinajstić information content (AvgIpc) is 3.30. The van der Waals surface area contributed by atoms with Gasteiger partial charge in [0.2, 0.25) is 0 Å². The number of ether oxygens (including phenoxy) is 1. The van der Waals surface area contributed by atoms with Crippen molar-refractivity contribution >= 4 is 33.2 Å². The summed E-state index contributed by atoms with van der Waals surface area (Å²) in [5.74, 6) is -0.340. The van der Waals surface area contributed by atoms with Gasteiger partial charge >= 0.3 is 0 Å². The molecule has 6 nitrogen and oxygen atoms in total. The van der Waals surface area contributed by atoms with Gasteiger partial charge in [-0.25, -0.2) is 8.42 Å². The van der Waals surface area contributed by atoms with Crippen LogP contribution in [0.25, 0.3) is 0 Å². The number of anilines is 1. The predicted molar refractivity (Wildman–Crippen MR) is 128 cm³/mol. The zero-order valence-corrected chi connectivity index (χ0v) is 19.7. The summed E-state index contributed by atoms with van der Waals surface area (Å²) >= 11 is 6.27. The van der Waals surface area contributed by atoms with Crippen LogP contribution in [0.4, 0.5) is 5.69 Å². The Morgan fingerprint density at radius 2 is 2.06 bits per heavy atom. The number of nitrogens with one attached hydrogen (secondary N) is 1. The standard InChI is InChI=1S/C24H29ClN2O4S/c1-3-15-27(20-8-5-4-6-9-20)32(29,30)23-17-19(12-14-22(23)25)24(28)26-18(2)11-13-21-10-7-16-31-21/h3-6,8-9,12,14,17-18,21H,1,7,10-11,13,15-16H2,2H3,(H,26,28). The van der Waals surface area contributed by atoms with Crippen LogP contribution in [0.5, 0.6) is 0 Å². The van der Waals surface area contributed by atoms with E-state index in [-0.39, 0.29) is 40.1 Å². The van der Waals surface area contributed by atoms with Crippen molar-refractivity contribution in [3.8, 4) is 0 Å². The van der Waals surface area contributed by atoms with E-state index in [9.17, 15) is 13.2 Å². The van der Waals surface area contributed by atoms with Crippen LogP contribution in [0.15, 0.2) is 66.1 Å². The second-order valence-corrected chi connectivity index (χ2v) is 10.1. The third-order valence-electron chi connectivity index (χ3n) is 5.42. The van der Waals surface area contributed by atoms with Crippen LogP contribution in [-0.2, 0) is 14.8 Å². The maximum Gasteiger partial charge on any atom is 0.266 e. The van der Waals surface area contributed by atoms with Crippen LogP contribution in [0.3, 0.4) is 0 Å². The Balaban J connectivity index is 1.79. The summed E-state index contributed by atoms with van der Waals surface area (Å²) in [6.45, 7) is 6.47. The third kappa shape index (κ3) is 5.91. The molecule has 2 atom stereocenters. The van der Waals surface area contributed by atoms with Crippen LogP contribution in [0.1, 0.15) is 43.0 Å². The maximum absolute atomic E-state index is 13.4. The summed E-state index contributed by atoms with van der Waals surface area (Å²) in [7, 11) is -4.02. The topological polar surface area (TPSA) is 75.7 Å². The van der Waals surface area contributed by atoms with E-state index in [2.05, 4.69) is 11.9 Å². The lowest BCUT2D eigenvalue weighted by atomic mass is 10.1. The molecule has 0 bridgehead atoms. The maximum atomic E-state index is 13.4. The lowest BCUT2D eigenvalue weighted by Crippen LogP contribution is -2.34. The molecule has 0 aromatic heterocycles. The summed E-state index contributed by atoms with van der Waals surface area (Å²) < 4.78 is 33.7. The van der Waals surface area contributed by atoms with E-state index < -0.39 is 10.0 Å². The van der Waals surface area contributed by atoms with Gasteiger partial charge in [-0.1, -0.05) is 35.9 Å².